The SMILES string of the molecule is Cc1c(F)cccc1NC(c1ccc(F)cc1)C1CC1. The summed E-state index contributed by atoms with van der Waals surface area (Å²) in [5, 5.41) is 3.42. The monoisotopic (exact) mass is 273 g/mol. The minimum Gasteiger partial charge on any atom is -0.378 e. The van der Waals surface area contributed by atoms with Gasteiger partial charge in [0.25, 0.3) is 0 Å². The number of anilines is 1. The number of hydrogen-bond acceptors (Lipinski definition) is 1. The third-order valence-corrected chi connectivity index (χ3v) is 3.90. The highest BCUT2D eigenvalue weighted by Gasteiger charge is 2.32. The summed E-state index contributed by atoms with van der Waals surface area (Å²) in [6.45, 7) is 1.77. The molecular formula is C17H17F2N. The van der Waals surface area contributed by atoms with Crippen molar-refractivity contribution in [3.8, 4) is 0 Å². The summed E-state index contributed by atoms with van der Waals surface area (Å²) < 4.78 is 26.7. The number of nitrogens with one attached hydrogen (secondary N) is 1. The predicted octanol–water partition coefficient (Wildman–Crippen LogP) is 4.84. The fourth-order valence-electron chi connectivity index (χ4n) is 2.50. The van der Waals surface area contributed by atoms with Gasteiger partial charge in [0.15, 0.2) is 0 Å². The molecule has 0 amide bonds. The highest BCUT2D eigenvalue weighted by molar-refractivity contribution is 5.53. The molecule has 3 rings (SSSR count). The highest BCUT2D eigenvalue weighted by Crippen LogP contribution is 2.43. The maximum atomic E-state index is 13.6. The summed E-state index contributed by atoms with van der Waals surface area (Å²) in [6.07, 6.45) is 2.31. The van der Waals surface area contributed by atoms with Crippen molar-refractivity contribution in [3.05, 3.63) is 65.2 Å². The largest absolute Gasteiger partial charge is 0.378 e. The van der Waals surface area contributed by atoms with Crippen molar-refractivity contribution in [3.63, 3.8) is 0 Å². The Morgan fingerprint density at radius 2 is 1.75 bits per heavy atom. The van der Waals surface area contributed by atoms with Crippen molar-refractivity contribution >= 4 is 5.69 Å². The Morgan fingerprint density at radius 1 is 1.05 bits per heavy atom. The zero-order valence-electron chi connectivity index (χ0n) is 11.4. The number of benzene rings is 2. The van der Waals surface area contributed by atoms with Crippen molar-refractivity contribution in [2.24, 2.45) is 5.92 Å². The normalized spacial score (nSPS) is 15.9. The third kappa shape index (κ3) is 2.67. The average Bonchev–Trinajstić information content (AvgIpc) is 3.26. The van der Waals surface area contributed by atoms with E-state index in [0.29, 0.717) is 11.5 Å². The summed E-state index contributed by atoms with van der Waals surface area (Å²) in [6, 6.07) is 11.7. The quantitative estimate of drug-likeness (QED) is 0.840. The molecule has 1 atom stereocenters. The molecule has 1 aliphatic carbocycles. The van der Waals surface area contributed by atoms with Crippen LogP contribution in [0, 0.1) is 24.5 Å². The first-order chi connectivity index (χ1) is 9.65. The highest BCUT2D eigenvalue weighted by atomic mass is 19.1. The van der Waals surface area contributed by atoms with Gasteiger partial charge in [0, 0.05) is 11.3 Å². The van der Waals surface area contributed by atoms with Crippen LogP contribution in [0.1, 0.15) is 30.0 Å². The molecule has 2 aromatic carbocycles. The molecule has 104 valence electrons. The van der Waals surface area contributed by atoms with Gasteiger partial charge in [0.1, 0.15) is 11.6 Å². The van der Waals surface area contributed by atoms with Gasteiger partial charge in [0.2, 0.25) is 0 Å². The number of rotatable bonds is 4. The van der Waals surface area contributed by atoms with Crippen LogP contribution in [0.25, 0.3) is 0 Å². The summed E-state index contributed by atoms with van der Waals surface area (Å²) in [5.41, 5.74) is 2.49. The molecule has 0 aliphatic heterocycles. The summed E-state index contributed by atoms with van der Waals surface area (Å²) in [4.78, 5) is 0. The molecule has 1 N–H and O–H groups in total. The van der Waals surface area contributed by atoms with E-state index in [4.69, 9.17) is 0 Å². The van der Waals surface area contributed by atoms with E-state index in [0.717, 1.165) is 24.1 Å². The third-order valence-electron chi connectivity index (χ3n) is 3.90. The van der Waals surface area contributed by atoms with Crippen molar-refractivity contribution in [2.75, 3.05) is 5.32 Å². The molecule has 1 nitrogen and oxygen atoms in total. The molecule has 1 fully saturated rings. The van der Waals surface area contributed by atoms with Crippen molar-refractivity contribution in [2.45, 2.75) is 25.8 Å². The molecule has 0 heterocycles. The maximum Gasteiger partial charge on any atom is 0.128 e. The second kappa shape index (κ2) is 5.23. The van der Waals surface area contributed by atoms with Crippen LogP contribution < -0.4 is 5.32 Å². The van der Waals surface area contributed by atoms with Gasteiger partial charge >= 0.3 is 0 Å². The summed E-state index contributed by atoms with van der Waals surface area (Å²) in [5.74, 6) is 0.108. The summed E-state index contributed by atoms with van der Waals surface area (Å²) >= 11 is 0. The Balaban J connectivity index is 1.88. The zero-order chi connectivity index (χ0) is 14.1. The molecule has 3 heteroatoms. The van der Waals surface area contributed by atoms with Gasteiger partial charge in [0.05, 0.1) is 6.04 Å². The molecule has 1 unspecified atom stereocenters. The molecule has 0 radical (unpaired) electrons. The lowest BCUT2D eigenvalue weighted by molar-refractivity contribution is 0.615. The van der Waals surface area contributed by atoms with Crippen molar-refractivity contribution in [1.82, 2.24) is 0 Å². The molecule has 0 bridgehead atoms. The van der Waals surface area contributed by atoms with E-state index in [9.17, 15) is 8.78 Å². The number of halogens is 2. The lowest BCUT2D eigenvalue weighted by Crippen LogP contribution is -2.14. The predicted molar refractivity (Wildman–Crippen MR) is 76.6 cm³/mol. The topological polar surface area (TPSA) is 12.0 Å². The van der Waals surface area contributed by atoms with Crippen LogP contribution in [0.5, 0.6) is 0 Å². The Bertz CT molecular complexity index is 603. The molecule has 2 aromatic rings. The Morgan fingerprint density at radius 3 is 2.40 bits per heavy atom. The Labute approximate surface area is 117 Å². The zero-order valence-corrected chi connectivity index (χ0v) is 11.4. The molecule has 20 heavy (non-hydrogen) atoms. The van der Waals surface area contributed by atoms with Crippen LogP contribution in [0.15, 0.2) is 42.5 Å². The van der Waals surface area contributed by atoms with E-state index < -0.39 is 0 Å². The van der Waals surface area contributed by atoms with Gasteiger partial charge in [-0.25, -0.2) is 8.78 Å². The molecule has 1 aliphatic rings. The number of hydrogen-bond donors (Lipinski definition) is 1. The van der Waals surface area contributed by atoms with Crippen LogP contribution in [0.4, 0.5) is 14.5 Å². The van der Waals surface area contributed by atoms with Crippen LogP contribution >= 0.6 is 0 Å². The lowest BCUT2D eigenvalue weighted by atomic mass is 10.0. The van der Waals surface area contributed by atoms with Gasteiger partial charge in [-0.2, -0.15) is 0 Å². The maximum absolute atomic E-state index is 13.6. The minimum atomic E-state index is -0.231. The molecular weight excluding hydrogens is 256 g/mol. The first-order valence-corrected chi connectivity index (χ1v) is 6.92. The smallest absolute Gasteiger partial charge is 0.128 e. The van der Waals surface area contributed by atoms with Crippen LogP contribution in [0.3, 0.4) is 0 Å². The van der Waals surface area contributed by atoms with Crippen LogP contribution in [0.2, 0.25) is 0 Å². The lowest BCUT2D eigenvalue weighted by Gasteiger charge is -2.21. The Hall–Kier alpha value is -1.90. The van der Waals surface area contributed by atoms with E-state index in [1.807, 2.05) is 6.07 Å². The second-order valence-electron chi connectivity index (χ2n) is 5.42. The minimum absolute atomic E-state index is 0.121. The van der Waals surface area contributed by atoms with Gasteiger partial charge in [-0.05, 0) is 55.5 Å². The molecule has 0 aromatic heterocycles. The fourth-order valence-corrected chi connectivity index (χ4v) is 2.50. The van der Waals surface area contributed by atoms with Gasteiger partial charge in [-0.1, -0.05) is 18.2 Å². The first-order valence-electron chi connectivity index (χ1n) is 6.92. The van der Waals surface area contributed by atoms with Crippen LogP contribution in [-0.4, -0.2) is 0 Å². The van der Waals surface area contributed by atoms with Gasteiger partial charge in [-0.15, -0.1) is 0 Å². The van der Waals surface area contributed by atoms with E-state index in [1.54, 1.807) is 25.1 Å². The second-order valence-corrected chi connectivity index (χ2v) is 5.42. The fraction of sp³-hybridized carbons (Fsp3) is 0.294. The average molecular weight is 273 g/mol. The molecule has 0 saturated heterocycles. The Kier molecular flexibility index (Phi) is 3.43. The van der Waals surface area contributed by atoms with E-state index in [1.165, 1.54) is 18.2 Å². The van der Waals surface area contributed by atoms with E-state index >= 15 is 0 Å². The van der Waals surface area contributed by atoms with Gasteiger partial charge < -0.3 is 5.32 Å². The first kappa shape index (κ1) is 13.1. The molecule has 0 spiro atoms. The summed E-state index contributed by atoms with van der Waals surface area (Å²) in [7, 11) is 0. The van der Waals surface area contributed by atoms with Gasteiger partial charge in [-0.3, -0.25) is 0 Å². The molecule has 1 saturated carbocycles. The van der Waals surface area contributed by atoms with Crippen molar-refractivity contribution in [1.29, 1.82) is 0 Å². The van der Waals surface area contributed by atoms with E-state index in [-0.39, 0.29) is 17.7 Å². The standard InChI is InChI=1S/C17H17F2N/c1-11-15(19)3-2-4-16(11)20-17(12-5-6-12)13-7-9-14(18)10-8-13/h2-4,7-10,12,17,20H,5-6H2,1H3. The van der Waals surface area contributed by atoms with Crippen LogP contribution in [-0.2, 0) is 0 Å². The van der Waals surface area contributed by atoms with Crippen molar-refractivity contribution < 1.29 is 8.78 Å². The van der Waals surface area contributed by atoms with E-state index in [2.05, 4.69) is 5.32 Å².